The molecule has 0 aliphatic heterocycles. The highest BCUT2D eigenvalue weighted by Gasteiger charge is 2.16. The zero-order valence-electron chi connectivity index (χ0n) is 11.1. The molecule has 1 aliphatic rings. The summed E-state index contributed by atoms with van der Waals surface area (Å²) >= 11 is 0. The number of nitrogens with one attached hydrogen (secondary N) is 1. The molecular formula is C15H21N3. The van der Waals surface area contributed by atoms with Crippen molar-refractivity contribution < 1.29 is 0 Å². The normalized spacial score (nSPS) is 16.2. The van der Waals surface area contributed by atoms with Gasteiger partial charge in [0, 0.05) is 23.7 Å². The predicted molar refractivity (Wildman–Crippen MR) is 74.4 cm³/mol. The van der Waals surface area contributed by atoms with Gasteiger partial charge in [0.15, 0.2) is 0 Å². The molecule has 0 saturated heterocycles. The van der Waals surface area contributed by atoms with E-state index in [1.54, 1.807) is 6.33 Å². The van der Waals surface area contributed by atoms with E-state index in [0.29, 0.717) is 6.04 Å². The maximum absolute atomic E-state index is 5.40. The van der Waals surface area contributed by atoms with Gasteiger partial charge in [-0.05, 0) is 32.1 Å². The summed E-state index contributed by atoms with van der Waals surface area (Å²) in [6, 6.07) is 0.317. The fourth-order valence-electron chi connectivity index (χ4n) is 2.46. The Labute approximate surface area is 109 Å². The van der Waals surface area contributed by atoms with Crippen molar-refractivity contribution >= 4 is 5.82 Å². The lowest BCUT2D eigenvalue weighted by Crippen LogP contribution is -2.20. The summed E-state index contributed by atoms with van der Waals surface area (Å²) < 4.78 is 0. The summed E-state index contributed by atoms with van der Waals surface area (Å²) in [5.41, 5.74) is 2.53. The lowest BCUT2D eigenvalue weighted by Gasteiger charge is -2.18. The predicted octanol–water partition coefficient (Wildman–Crippen LogP) is 2.96. The minimum absolute atomic E-state index is 0.317. The highest BCUT2D eigenvalue weighted by atomic mass is 15.0. The molecule has 1 unspecified atom stereocenters. The van der Waals surface area contributed by atoms with Crippen LogP contribution in [0.5, 0.6) is 0 Å². The highest BCUT2D eigenvalue weighted by Crippen LogP contribution is 2.24. The number of hydrogen-bond donors (Lipinski definition) is 1. The van der Waals surface area contributed by atoms with Crippen molar-refractivity contribution in [1.29, 1.82) is 0 Å². The van der Waals surface area contributed by atoms with Crippen LogP contribution in [-0.4, -0.2) is 16.0 Å². The number of rotatable bonds is 4. The Kier molecular flexibility index (Phi) is 4.58. The van der Waals surface area contributed by atoms with E-state index in [-0.39, 0.29) is 0 Å². The summed E-state index contributed by atoms with van der Waals surface area (Å²) in [5, 5.41) is 3.49. The Balaban J connectivity index is 2.20. The zero-order valence-corrected chi connectivity index (χ0v) is 11.1. The van der Waals surface area contributed by atoms with Crippen LogP contribution in [-0.2, 0) is 12.8 Å². The van der Waals surface area contributed by atoms with Crippen LogP contribution in [0.15, 0.2) is 6.33 Å². The summed E-state index contributed by atoms with van der Waals surface area (Å²) in [5.74, 6) is 3.73. The van der Waals surface area contributed by atoms with Crippen LogP contribution in [0.4, 0.5) is 5.82 Å². The van der Waals surface area contributed by atoms with Gasteiger partial charge < -0.3 is 5.32 Å². The Hall–Kier alpha value is -1.56. The molecule has 96 valence electrons. The van der Waals surface area contributed by atoms with Crippen LogP contribution in [0.3, 0.4) is 0 Å². The first kappa shape index (κ1) is 12.9. The largest absolute Gasteiger partial charge is 0.366 e. The van der Waals surface area contributed by atoms with Crippen LogP contribution in [0.25, 0.3) is 0 Å². The van der Waals surface area contributed by atoms with Crippen molar-refractivity contribution in [1.82, 2.24) is 9.97 Å². The Morgan fingerprint density at radius 1 is 1.33 bits per heavy atom. The third-order valence-electron chi connectivity index (χ3n) is 3.57. The topological polar surface area (TPSA) is 37.8 Å². The van der Waals surface area contributed by atoms with Crippen molar-refractivity contribution in [2.45, 2.75) is 57.9 Å². The molecule has 0 aromatic carbocycles. The molecule has 1 aromatic rings. The van der Waals surface area contributed by atoms with E-state index < -0.39 is 0 Å². The SMILES string of the molecule is C#CCC(CC)Nc1ncnc2c1CCCCC2. The van der Waals surface area contributed by atoms with Gasteiger partial charge in [0.05, 0.1) is 0 Å². The molecule has 0 amide bonds. The molecule has 18 heavy (non-hydrogen) atoms. The first-order valence-electron chi connectivity index (χ1n) is 6.88. The first-order valence-corrected chi connectivity index (χ1v) is 6.88. The van der Waals surface area contributed by atoms with Crippen molar-refractivity contribution in [3.05, 3.63) is 17.6 Å². The molecule has 1 atom stereocenters. The minimum atomic E-state index is 0.317. The van der Waals surface area contributed by atoms with Crippen LogP contribution in [0.2, 0.25) is 0 Å². The van der Waals surface area contributed by atoms with E-state index in [1.165, 1.54) is 30.5 Å². The summed E-state index contributed by atoms with van der Waals surface area (Å²) in [6.07, 6.45) is 14.8. The molecule has 3 nitrogen and oxygen atoms in total. The number of terminal acetylenes is 1. The zero-order chi connectivity index (χ0) is 12.8. The number of aryl methyl sites for hydroxylation is 1. The van der Waals surface area contributed by atoms with E-state index in [0.717, 1.165) is 31.5 Å². The van der Waals surface area contributed by atoms with E-state index in [9.17, 15) is 0 Å². The maximum Gasteiger partial charge on any atom is 0.133 e. The van der Waals surface area contributed by atoms with Crippen molar-refractivity contribution in [3.63, 3.8) is 0 Å². The summed E-state index contributed by atoms with van der Waals surface area (Å²) in [6.45, 7) is 2.15. The second kappa shape index (κ2) is 6.39. The molecule has 0 fully saturated rings. The average molecular weight is 243 g/mol. The monoisotopic (exact) mass is 243 g/mol. The standard InChI is InChI=1S/C15H21N3/c1-3-8-12(4-2)18-15-13-9-6-5-7-10-14(13)16-11-17-15/h1,11-12H,4-10H2,2H3,(H,16,17,18). The third-order valence-corrected chi connectivity index (χ3v) is 3.57. The van der Waals surface area contributed by atoms with Gasteiger partial charge >= 0.3 is 0 Å². The maximum atomic E-state index is 5.40. The molecule has 1 aromatic heterocycles. The molecule has 0 saturated carbocycles. The molecule has 0 spiro atoms. The van der Waals surface area contributed by atoms with Gasteiger partial charge in [0.2, 0.25) is 0 Å². The Morgan fingerprint density at radius 2 is 2.17 bits per heavy atom. The van der Waals surface area contributed by atoms with Crippen molar-refractivity contribution in [3.8, 4) is 12.3 Å². The number of anilines is 1. The van der Waals surface area contributed by atoms with Gasteiger partial charge in [-0.15, -0.1) is 12.3 Å². The van der Waals surface area contributed by atoms with Crippen molar-refractivity contribution in [2.24, 2.45) is 0 Å². The van der Waals surface area contributed by atoms with E-state index >= 15 is 0 Å². The van der Waals surface area contributed by atoms with Gasteiger partial charge in [-0.3, -0.25) is 0 Å². The van der Waals surface area contributed by atoms with Gasteiger partial charge in [-0.2, -0.15) is 0 Å². The second-order valence-corrected chi connectivity index (χ2v) is 4.87. The third kappa shape index (κ3) is 3.01. The fourth-order valence-corrected chi connectivity index (χ4v) is 2.46. The van der Waals surface area contributed by atoms with Crippen LogP contribution in [0, 0.1) is 12.3 Å². The van der Waals surface area contributed by atoms with Crippen LogP contribution in [0.1, 0.15) is 50.3 Å². The van der Waals surface area contributed by atoms with Crippen LogP contribution >= 0.6 is 0 Å². The molecule has 0 radical (unpaired) electrons. The van der Waals surface area contributed by atoms with E-state index in [1.807, 2.05) is 0 Å². The number of hydrogen-bond acceptors (Lipinski definition) is 3. The van der Waals surface area contributed by atoms with E-state index in [2.05, 4.69) is 28.1 Å². The van der Waals surface area contributed by atoms with Gasteiger partial charge in [-0.25, -0.2) is 9.97 Å². The quantitative estimate of drug-likeness (QED) is 0.652. The lowest BCUT2D eigenvalue weighted by molar-refractivity contribution is 0.702. The molecule has 2 rings (SSSR count). The van der Waals surface area contributed by atoms with Gasteiger partial charge in [0.25, 0.3) is 0 Å². The Bertz CT molecular complexity index is 434. The van der Waals surface area contributed by atoms with Gasteiger partial charge in [-0.1, -0.05) is 13.3 Å². The number of nitrogens with zero attached hydrogens (tertiary/aromatic N) is 2. The highest BCUT2D eigenvalue weighted by molar-refractivity contribution is 5.47. The smallest absolute Gasteiger partial charge is 0.133 e. The van der Waals surface area contributed by atoms with Crippen LogP contribution < -0.4 is 5.32 Å². The summed E-state index contributed by atoms with van der Waals surface area (Å²) in [7, 11) is 0. The lowest BCUT2D eigenvalue weighted by atomic mass is 10.1. The number of fused-ring (bicyclic) bond motifs is 1. The molecule has 3 heteroatoms. The second-order valence-electron chi connectivity index (χ2n) is 4.87. The van der Waals surface area contributed by atoms with Crippen molar-refractivity contribution in [2.75, 3.05) is 5.32 Å². The molecular weight excluding hydrogens is 222 g/mol. The first-order chi connectivity index (χ1) is 8.85. The molecule has 1 heterocycles. The minimum Gasteiger partial charge on any atom is -0.366 e. The Morgan fingerprint density at radius 3 is 2.94 bits per heavy atom. The van der Waals surface area contributed by atoms with Gasteiger partial charge in [0.1, 0.15) is 12.1 Å². The van der Waals surface area contributed by atoms with E-state index in [4.69, 9.17) is 6.42 Å². The summed E-state index contributed by atoms with van der Waals surface area (Å²) in [4.78, 5) is 8.84. The molecule has 1 N–H and O–H groups in total. The fraction of sp³-hybridized carbons (Fsp3) is 0.600. The molecule has 1 aliphatic carbocycles. The average Bonchev–Trinajstić information content (AvgIpc) is 2.64. The molecule has 0 bridgehead atoms. The number of aromatic nitrogens is 2.